The zero-order chi connectivity index (χ0) is 33.7. The molecule has 0 spiro atoms. The Morgan fingerprint density at radius 3 is 1.76 bits per heavy atom. The first kappa shape index (κ1) is 29.3. The van der Waals surface area contributed by atoms with Gasteiger partial charge in [-0.15, -0.1) is 0 Å². The van der Waals surface area contributed by atoms with Crippen molar-refractivity contribution in [2.45, 2.75) is 12.0 Å². The van der Waals surface area contributed by atoms with Gasteiger partial charge in [0.25, 0.3) is 0 Å². The highest BCUT2D eigenvalue weighted by Crippen LogP contribution is 2.56. The zero-order valence-corrected chi connectivity index (χ0v) is 27.9. The molecule has 1 aliphatic heterocycles. The number of hydrogen-bond donors (Lipinski definition) is 0. The number of anilines is 5. The van der Waals surface area contributed by atoms with Gasteiger partial charge < -0.3 is 14.2 Å². The summed E-state index contributed by atoms with van der Waals surface area (Å²) >= 11 is 0. The summed E-state index contributed by atoms with van der Waals surface area (Å²) in [7, 11) is 0. The van der Waals surface area contributed by atoms with Crippen molar-refractivity contribution >= 4 is 50.4 Å². The van der Waals surface area contributed by atoms with Gasteiger partial charge in [-0.25, -0.2) is 0 Å². The van der Waals surface area contributed by atoms with E-state index < -0.39 is 0 Å². The molecule has 1 aliphatic carbocycles. The Morgan fingerprint density at radius 2 is 1.06 bits per heavy atom. The number of benzene rings is 7. The van der Waals surface area contributed by atoms with E-state index in [4.69, 9.17) is 4.42 Å². The van der Waals surface area contributed by atoms with Crippen LogP contribution in [-0.4, -0.2) is 6.04 Å². The minimum absolute atomic E-state index is 0.121. The van der Waals surface area contributed by atoms with Crippen molar-refractivity contribution in [3.63, 3.8) is 0 Å². The van der Waals surface area contributed by atoms with E-state index in [1.54, 1.807) is 0 Å². The number of rotatable bonds is 6. The normalized spacial score (nSPS) is 16.0. The fourth-order valence-corrected chi connectivity index (χ4v) is 8.06. The Kier molecular flexibility index (Phi) is 6.95. The van der Waals surface area contributed by atoms with Crippen LogP contribution in [0.2, 0.25) is 0 Å². The van der Waals surface area contributed by atoms with Crippen molar-refractivity contribution in [1.29, 1.82) is 0 Å². The van der Waals surface area contributed by atoms with E-state index in [1.165, 1.54) is 33.5 Å². The molecule has 7 aromatic carbocycles. The van der Waals surface area contributed by atoms with Gasteiger partial charge in [-0.1, -0.05) is 133 Å². The molecule has 2 aliphatic rings. The Bertz CT molecular complexity index is 2530. The summed E-state index contributed by atoms with van der Waals surface area (Å²) in [5, 5.41) is 2.30. The van der Waals surface area contributed by atoms with Crippen molar-refractivity contribution < 1.29 is 4.42 Å². The van der Waals surface area contributed by atoms with Gasteiger partial charge in [-0.2, -0.15) is 0 Å². The van der Waals surface area contributed by atoms with E-state index in [-0.39, 0.29) is 12.0 Å². The van der Waals surface area contributed by atoms with Gasteiger partial charge in [0, 0.05) is 50.6 Å². The molecule has 3 nitrogen and oxygen atoms in total. The van der Waals surface area contributed by atoms with E-state index in [1.807, 2.05) is 0 Å². The summed E-state index contributed by atoms with van der Waals surface area (Å²) in [6.07, 6.45) is 9.06. The van der Waals surface area contributed by atoms with Gasteiger partial charge in [-0.3, -0.25) is 0 Å². The average Bonchev–Trinajstić information content (AvgIpc) is 3.75. The smallest absolute Gasteiger partial charge is 0.141 e. The Morgan fingerprint density at radius 1 is 0.490 bits per heavy atom. The molecule has 3 heteroatoms. The maximum Gasteiger partial charge on any atom is 0.141 e. The number of para-hydroxylation sites is 3. The lowest BCUT2D eigenvalue weighted by molar-refractivity contribution is 0.656. The molecule has 51 heavy (non-hydrogen) atoms. The van der Waals surface area contributed by atoms with E-state index in [0.29, 0.717) is 0 Å². The van der Waals surface area contributed by atoms with Crippen LogP contribution in [0.15, 0.2) is 199 Å². The van der Waals surface area contributed by atoms with Crippen molar-refractivity contribution in [2.24, 2.45) is 0 Å². The van der Waals surface area contributed by atoms with Crippen molar-refractivity contribution in [2.75, 3.05) is 9.80 Å². The van der Waals surface area contributed by atoms with Crippen molar-refractivity contribution in [1.82, 2.24) is 0 Å². The monoisotopic (exact) mass is 654 g/mol. The van der Waals surface area contributed by atoms with Crippen LogP contribution in [0, 0.1) is 0 Å². The van der Waals surface area contributed by atoms with E-state index >= 15 is 0 Å². The van der Waals surface area contributed by atoms with Crippen LogP contribution >= 0.6 is 0 Å². The largest absolute Gasteiger partial charge is 0.456 e. The maximum atomic E-state index is 6.75. The first-order valence-corrected chi connectivity index (χ1v) is 17.6. The summed E-state index contributed by atoms with van der Waals surface area (Å²) in [4.78, 5) is 4.84. The minimum Gasteiger partial charge on any atom is -0.456 e. The van der Waals surface area contributed by atoms with Gasteiger partial charge in [-0.05, 0) is 77.4 Å². The van der Waals surface area contributed by atoms with E-state index in [0.717, 1.165) is 44.7 Å². The molecule has 2 atom stereocenters. The third-order valence-electron chi connectivity index (χ3n) is 10.4. The molecule has 0 N–H and O–H groups in total. The van der Waals surface area contributed by atoms with Crippen LogP contribution in [0.25, 0.3) is 44.2 Å². The molecule has 0 bridgehead atoms. The lowest BCUT2D eigenvalue weighted by atomic mass is 9.88. The minimum atomic E-state index is 0.121. The second-order valence-electron chi connectivity index (χ2n) is 13.3. The van der Waals surface area contributed by atoms with Gasteiger partial charge in [0.15, 0.2) is 0 Å². The first-order valence-electron chi connectivity index (χ1n) is 17.6. The molecule has 242 valence electrons. The molecule has 0 fully saturated rings. The Hall–Kier alpha value is -6.58. The third kappa shape index (κ3) is 4.89. The molecular weight excluding hydrogens is 621 g/mol. The lowest BCUT2D eigenvalue weighted by Crippen LogP contribution is -2.28. The summed E-state index contributed by atoms with van der Waals surface area (Å²) in [6.45, 7) is 0. The molecule has 2 unspecified atom stereocenters. The summed E-state index contributed by atoms with van der Waals surface area (Å²) < 4.78 is 6.75. The fourth-order valence-electron chi connectivity index (χ4n) is 8.06. The van der Waals surface area contributed by atoms with Crippen LogP contribution in [0.1, 0.15) is 11.5 Å². The van der Waals surface area contributed by atoms with Gasteiger partial charge in [0.1, 0.15) is 11.2 Å². The highest BCUT2D eigenvalue weighted by Gasteiger charge is 2.42. The predicted molar refractivity (Wildman–Crippen MR) is 213 cm³/mol. The topological polar surface area (TPSA) is 19.6 Å². The third-order valence-corrected chi connectivity index (χ3v) is 10.4. The van der Waals surface area contributed by atoms with Gasteiger partial charge in [0.05, 0.1) is 11.7 Å². The van der Waals surface area contributed by atoms with Crippen LogP contribution in [0.4, 0.5) is 28.4 Å². The van der Waals surface area contributed by atoms with Crippen LogP contribution < -0.4 is 9.80 Å². The molecule has 1 aromatic heterocycles. The molecule has 10 rings (SSSR count). The highest BCUT2D eigenvalue weighted by molar-refractivity contribution is 6.12. The van der Waals surface area contributed by atoms with E-state index in [9.17, 15) is 0 Å². The molecular formula is C48H34N2O. The van der Waals surface area contributed by atoms with Crippen molar-refractivity contribution in [3.8, 4) is 22.3 Å². The predicted octanol–water partition coefficient (Wildman–Crippen LogP) is 13.1. The molecule has 0 saturated heterocycles. The first-order chi connectivity index (χ1) is 25.3. The number of furan rings is 1. The van der Waals surface area contributed by atoms with Gasteiger partial charge in [0.2, 0.25) is 0 Å². The lowest BCUT2D eigenvalue weighted by Gasteiger charge is -2.30. The quantitative estimate of drug-likeness (QED) is 0.178. The Balaban J connectivity index is 1.17. The molecule has 0 saturated carbocycles. The fraction of sp³-hybridized carbons (Fsp3) is 0.0417. The van der Waals surface area contributed by atoms with Crippen LogP contribution in [0.3, 0.4) is 0 Å². The summed E-state index contributed by atoms with van der Waals surface area (Å²) in [5.74, 6) is 0.146. The Labute approximate surface area is 297 Å². The highest BCUT2D eigenvalue weighted by atomic mass is 16.3. The number of nitrogens with zero attached hydrogens (tertiary/aromatic N) is 2. The second-order valence-corrected chi connectivity index (χ2v) is 13.3. The molecule has 8 aromatic rings. The second kappa shape index (κ2) is 12.1. The number of hydrogen-bond acceptors (Lipinski definition) is 3. The SMILES string of the molecule is C1=CC2c3c(c(-c4ccc(N(c5ccccc5)c5ccccc5)cc4)cc4c3oc3ccccc34)N(c3ccc(-c4ccccc4)cc3)C2C=C1. The summed E-state index contributed by atoms with van der Waals surface area (Å²) in [6, 6.07) is 60.8. The molecule has 0 amide bonds. The van der Waals surface area contributed by atoms with Crippen molar-refractivity contribution in [3.05, 3.63) is 200 Å². The summed E-state index contributed by atoms with van der Waals surface area (Å²) in [5.41, 5.74) is 13.6. The zero-order valence-electron chi connectivity index (χ0n) is 27.9. The average molecular weight is 655 g/mol. The molecule has 2 heterocycles. The standard InChI is InChI=1S/C48H34N2O/c1-4-14-33(15-5-1)34-24-28-39(29-25-34)50-44-22-12-10-21-41(44)46-47(50)42(32-43-40-20-11-13-23-45(40)51-48(43)46)35-26-30-38(31-27-35)49(36-16-6-2-7-17-36)37-18-8-3-9-19-37/h1-32,41,44H. The molecule has 0 radical (unpaired) electrons. The van der Waals surface area contributed by atoms with Crippen LogP contribution in [-0.2, 0) is 0 Å². The number of fused-ring (bicyclic) bond motifs is 7. The van der Waals surface area contributed by atoms with E-state index in [2.05, 4.69) is 204 Å². The number of allylic oxidation sites excluding steroid dienone is 2. The van der Waals surface area contributed by atoms with Crippen LogP contribution in [0.5, 0.6) is 0 Å². The van der Waals surface area contributed by atoms with Gasteiger partial charge >= 0.3 is 0 Å². The maximum absolute atomic E-state index is 6.75.